The zero-order valence-electron chi connectivity index (χ0n) is 10.2. The lowest BCUT2D eigenvalue weighted by atomic mass is 10.2. The van der Waals surface area contributed by atoms with E-state index < -0.39 is 0 Å². The molecule has 0 aliphatic carbocycles. The largest absolute Gasteiger partial charge is 0.508 e. The molecule has 0 radical (unpaired) electrons. The highest BCUT2D eigenvalue weighted by Crippen LogP contribution is 2.08. The molecule has 0 unspecified atom stereocenters. The SMILES string of the molecule is CN(C)C(=O)NCCNCc1ccc(O)cc1. The molecule has 3 N–H and O–H groups in total. The van der Waals surface area contributed by atoms with Crippen LogP contribution in [0.25, 0.3) is 0 Å². The number of amides is 2. The number of phenolic OH excluding ortho intramolecular Hbond substituents is 1. The predicted octanol–water partition coefficient (Wildman–Crippen LogP) is 0.753. The molecule has 0 aliphatic rings. The number of urea groups is 1. The van der Waals surface area contributed by atoms with Crippen LogP contribution in [0.3, 0.4) is 0 Å². The molecule has 0 saturated carbocycles. The fourth-order valence-corrected chi connectivity index (χ4v) is 1.26. The third kappa shape index (κ3) is 5.21. The Morgan fingerprint density at radius 3 is 2.47 bits per heavy atom. The molecule has 1 aromatic rings. The highest BCUT2D eigenvalue weighted by atomic mass is 16.3. The molecule has 0 saturated heterocycles. The van der Waals surface area contributed by atoms with Gasteiger partial charge in [0.05, 0.1) is 0 Å². The van der Waals surface area contributed by atoms with Crippen molar-refractivity contribution >= 4 is 6.03 Å². The summed E-state index contributed by atoms with van der Waals surface area (Å²) in [7, 11) is 3.42. The molecule has 1 aromatic carbocycles. The van der Waals surface area contributed by atoms with E-state index in [9.17, 15) is 4.79 Å². The molecule has 0 heterocycles. The van der Waals surface area contributed by atoms with Gasteiger partial charge in [0, 0.05) is 33.7 Å². The number of benzene rings is 1. The van der Waals surface area contributed by atoms with Crippen LogP contribution >= 0.6 is 0 Å². The maximum Gasteiger partial charge on any atom is 0.316 e. The Kier molecular flexibility index (Phi) is 5.29. The molecule has 0 atom stereocenters. The molecule has 0 aromatic heterocycles. The van der Waals surface area contributed by atoms with Gasteiger partial charge in [-0.1, -0.05) is 12.1 Å². The van der Waals surface area contributed by atoms with Crippen LogP contribution in [-0.2, 0) is 6.54 Å². The maximum atomic E-state index is 11.2. The summed E-state index contributed by atoms with van der Waals surface area (Å²) in [5.41, 5.74) is 1.10. The molecular formula is C12H19N3O2. The topological polar surface area (TPSA) is 64.6 Å². The Balaban J connectivity index is 2.12. The molecule has 94 valence electrons. The maximum absolute atomic E-state index is 11.2. The smallest absolute Gasteiger partial charge is 0.316 e. The minimum absolute atomic E-state index is 0.0866. The van der Waals surface area contributed by atoms with Gasteiger partial charge in [0.25, 0.3) is 0 Å². The molecule has 0 fully saturated rings. The monoisotopic (exact) mass is 237 g/mol. The zero-order chi connectivity index (χ0) is 12.7. The van der Waals surface area contributed by atoms with Crippen LogP contribution in [0, 0.1) is 0 Å². The predicted molar refractivity (Wildman–Crippen MR) is 66.9 cm³/mol. The average molecular weight is 237 g/mol. The Morgan fingerprint density at radius 1 is 1.24 bits per heavy atom. The summed E-state index contributed by atoms with van der Waals surface area (Å²) in [6.45, 7) is 2.02. The van der Waals surface area contributed by atoms with Gasteiger partial charge in [-0.15, -0.1) is 0 Å². The lowest BCUT2D eigenvalue weighted by Crippen LogP contribution is -2.38. The molecular weight excluding hydrogens is 218 g/mol. The van der Waals surface area contributed by atoms with Crippen LogP contribution in [0.15, 0.2) is 24.3 Å². The first kappa shape index (κ1) is 13.3. The first-order valence-electron chi connectivity index (χ1n) is 5.53. The van der Waals surface area contributed by atoms with E-state index in [0.717, 1.165) is 12.1 Å². The Morgan fingerprint density at radius 2 is 1.88 bits per heavy atom. The van der Waals surface area contributed by atoms with Crippen LogP contribution in [0.5, 0.6) is 5.75 Å². The van der Waals surface area contributed by atoms with E-state index in [4.69, 9.17) is 5.11 Å². The van der Waals surface area contributed by atoms with Gasteiger partial charge in [0.15, 0.2) is 0 Å². The number of nitrogens with zero attached hydrogens (tertiary/aromatic N) is 1. The van der Waals surface area contributed by atoms with Crippen LogP contribution in [0.2, 0.25) is 0 Å². The molecule has 0 bridgehead atoms. The minimum Gasteiger partial charge on any atom is -0.508 e. The second kappa shape index (κ2) is 6.75. The van der Waals surface area contributed by atoms with Gasteiger partial charge in [-0.3, -0.25) is 0 Å². The van der Waals surface area contributed by atoms with Crippen molar-refractivity contribution in [3.05, 3.63) is 29.8 Å². The number of phenols is 1. The number of carbonyl (C=O) groups excluding carboxylic acids is 1. The van der Waals surface area contributed by atoms with E-state index in [2.05, 4.69) is 10.6 Å². The summed E-state index contributed by atoms with van der Waals surface area (Å²) in [6.07, 6.45) is 0. The average Bonchev–Trinajstić information content (AvgIpc) is 2.30. The molecule has 5 nitrogen and oxygen atoms in total. The van der Waals surface area contributed by atoms with Crippen molar-refractivity contribution in [1.82, 2.24) is 15.5 Å². The number of nitrogens with one attached hydrogen (secondary N) is 2. The van der Waals surface area contributed by atoms with E-state index >= 15 is 0 Å². The van der Waals surface area contributed by atoms with Crippen LogP contribution < -0.4 is 10.6 Å². The van der Waals surface area contributed by atoms with Crippen molar-refractivity contribution < 1.29 is 9.90 Å². The molecule has 1 rings (SSSR count). The lowest BCUT2D eigenvalue weighted by molar-refractivity contribution is 0.217. The van der Waals surface area contributed by atoms with E-state index in [1.807, 2.05) is 12.1 Å². The quantitative estimate of drug-likeness (QED) is 0.662. The van der Waals surface area contributed by atoms with Crippen molar-refractivity contribution in [1.29, 1.82) is 0 Å². The summed E-state index contributed by atoms with van der Waals surface area (Å²) >= 11 is 0. The highest BCUT2D eigenvalue weighted by Gasteiger charge is 2.00. The van der Waals surface area contributed by atoms with Crippen molar-refractivity contribution in [2.75, 3.05) is 27.2 Å². The standard InChI is InChI=1S/C12H19N3O2/c1-15(2)12(17)14-8-7-13-9-10-3-5-11(16)6-4-10/h3-6,13,16H,7-9H2,1-2H3,(H,14,17). The fourth-order valence-electron chi connectivity index (χ4n) is 1.26. The minimum atomic E-state index is -0.0866. The van der Waals surface area contributed by atoms with E-state index in [1.165, 1.54) is 4.90 Å². The summed E-state index contributed by atoms with van der Waals surface area (Å²) in [6, 6.07) is 6.95. The van der Waals surface area contributed by atoms with Gasteiger partial charge in [0.2, 0.25) is 0 Å². The third-order valence-electron chi connectivity index (χ3n) is 2.25. The summed E-state index contributed by atoms with van der Waals surface area (Å²) in [4.78, 5) is 12.7. The number of carbonyl (C=O) groups is 1. The normalized spacial score (nSPS) is 10.0. The first-order valence-corrected chi connectivity index (χ1v) is 5.53. The second-order valence-corrected chi connectivity index (χ2v) is 3.97. The molecule has 0 spiro atoms. The summed E-state index contributed by atoms with van der Waals surface area (Å²) in [5.74, 6) is 0.270. The van der Waals surface area contributed by atoms with Gasteiger partial charge in [-0.05, 0) is 17.7 Å². The Labute approximate surface area is 101 Å². The van der Waals surface area contributed by atoms with Gasteiger partial charge in [-0.25, -0.2) is 4.79 Å². The van der Waals surface area contributed by atoms with Gasteiger partial charge >= 0.3 is 6.03 Å². The Hall–Kier alpha value is -1.75. The number of rotatable bonds is 5. The zero-order valence-corrected chi connectivity index (χ0v) is 10.2. The first-order chi connectivity index (χ1) is 8.09. The fraction of sp³-hybridized carbons (Fsp3) is 0.417. The van der Waals surface area contributed by atoms with Crippen LogP contribution in [-0.4, -0.2) is 43.2 Å². The molecule has 2 amide bonds. The number of aromatic hydroxyl groups is 1. The van der Waals surface area contributed by atoms with Crippen LogP contribution in [0.4, 0.5) is 4.79 Å². The van der Waals surface area contributed by atoms with Gasteiger partial charge in [0.1, 0.15) is 5.75 Å². The number of hydrogen-bond acceptors (Lipinski definition) is 3. The van der Waals surface area contributed by atoms with Crippen molar-refractivity contribution in [2.24, 2.45) is 0 Å². The van der Waals surface area contributed by atoms with Crippen molar-refractivity contribution in [2.45, 2.75) is 6.54 Å². The highest BCUT2D eigenvalue weighted by molar-refractivity contribution is 5.73. The molecule has 17 heavy (non-hydrogen) atoms. The van der Waals surface area contributed by atoms with E-state index in [0.29, 0.717) is 13.1 Å². The van der Waals surface area contributed by atoms with Gasteiger partial charge in [-0.2, -0.15) is 0 Å². The van der Waals surface area contributed by atoms with E-state index in [1.54, 1.807) is 26.2 Å². The Bertz CT molecular complexity index is 349. The van der Waals surface area contributed by atoms with E-state index in [-0.39, 0.29) is 11.8 Å². The second-order valence-electron chi connectivity index (χ2n) is 3.97. The third-order valence-corrected chi connectivity index (χ3v) is 2.25. The lowest BCUT2D eigenvalue weighted by Gasteiger charge is -2.12. The molecule has 5 heteroatoms. The molecule has 0 aliphatic heterocycles. The van der Waals surface area contributed by atoms with Crippen molar-refractivity contribution in [3.8, 4) is 5.75 Å². The van der Waals surface area contributed by atoms with Crippen LogP contribution in [0.1, 0.15) is 5.56 Å². The number of hydrogen-bond donors (Lipinski definition) is 3. The van der Waals surface area contributed by atoms with Crippen molar-refractivity contribution in [3.63, 3.8) is 0 Å². The summed E-state index contributed by atoms with van der Waals surface area (Å²) in [5, 5.41) is 15.1. The van der Waals surface area contributed by atoms with Gasteiger partial charge < -0.3 is 20.6 Å². The summed E-state index contributed by atoms with van der Waals surface area (Å²) < 4.78 is 0.